The van der Waals surface area contributed by atoms with Gasteiger partial charge >= 0.3 is 0 Å². The van der Waals surface area contributed by atoms with E-state index in [1.165, 1.54) is 0 Å². The summed E-state index contributed by atoms with van der Waals surface area (Å²) in [7, 11) is 0. The van der Waals surface area contributed by atoms with Crippen LogP contribution in [0.3, 0.4) is 0 Å². The first-order valence-corrected chi connectivity index (χ1v) is 8.09. The third kappa shape index (κ3) is 1.82. The van der Waals surface area contributed by atoms with Gasteiger partial charge in [0.2, 0.25) is 5.91 Å². The first-order chi connectivity index (χ1) is 10.7. The predicted molar refractivity (Wildman–Crippen MR) is 80.5 cm³/mol. The van der Waals surface area contributed by atoms with E-state index in [0.717, 1.165) is 43.2 Å². The molecule has 0 radical (unpaired) electrons. The van der Waals surface area contributed by atoms with Gasteiger partial charge in [0, 0.05) is 5.41 Å². The number of benzene rings is 1. The minimum absolute atomic E-state index is 0.0408. The second kappa shape index (κ2) is 4.82. The SMILES string of the molecule is N#C[C@@]1(C(=O)N[C@H]2COCc3ccccc32)CC12CCCC2. The van der Waals surface area contributed by atoms with Gasteiger partial charge in [-0.3, -0.25) is 4.79 Å². The van der Waals surface area contributed by atoms with Crippen LogP contribution in [0.2, 0.25) is 0 Å². The Morgan fingerprint density at radius 3 is 2.86 bits per heavy atom. The molecule has 4 nitrogen and oxygen atoms in total. The van der Waals surface area contributed by atoms with Crippen molar-refractivity contribution in [1.82, 2.24) is 5.32 Å². The third-order valence-corrected chi connectivity index (χ3v) is 5.80. The van der Waals surface area contributed by atoms with Crippen LogP contribution in [0, 0.1) is 22.2 Å². The summed E-state index contributed by atoms with van der Waals surface area (Å²) in [4.78, 5) is 12.8. The largest absolute Gasteiger partial charge is 0.374 e. The van der Waals surface area contributed by atoms with Crippen molar-refractivity contribution >= 4 is 5.91 Å². The molecule has 0 aromatic heterocycles. The first-order valence-electron chi connectivity index (χ1n) is 8.09. The molecule has 4 heteroatoms. The van der Waals surface area contributed by atoms with Crippen LogP contribution in [0.15, 0.2) is 24.3 Å². The number of hydrogen-bond acceptors (Lipinski definition) is 3. The van der Waals surface area contributed by atoms with Crippen LogP contribution in [0.25, 0.3) is 0 Å². The predicted octanol–water partition coefficient (Wildman–Crippen LogP) is 2.85. The lowest BCUT2D eigenvalue weighted by Gasteiger charge is -2.28. The van der Waals surface area contributed by atoms with E-state index in [0.29, 0.717) is 13.2 Å². The lowest BCUT2D eigenvalue weighted by atomic mass is 9.90. The number of rotatable bonds is 2. The number of carbonyl (C=O) groups is 1. The highest BCUT2D eigenvalue weighted by molar-refractivity contribution is 5.90. The Morgan fingerprint density at radius 1 is 1.32 bits per heavy atom. The molecule has 1 N–H and O–H groups in total. The molecule has 114 valence electrons. The highest BCUT2D eigenvalue weighted by atomic mass is 16.5. The van der Waals surface area contributed by atoms with Crippen LogP contribution < -0.4 is 5.32 Å². The molecule has 1 amide bonds. The van der Waals surface area contributed by atoms with Gasteiger partial charge in [-0.05, 0) is 30.4 Å². The number of nitrogens with zero attached hydrogens (tertiary/aromatic N) is 1. The minimum Gasteiger partial charge on any atom is -0.374 e. The maximum absolute atomic E-state index is 12.8. The second-order valence-electron chi connectivity index (χ2n) is 6.92. The first kappa shape index (κ1) is 13.8. The van der Waals surface area contributed by atoms with Crippen molar-refractivity contribution in [2.45, 2.75) is 44.8 Å². The Balaban J connectivity index is 1.55. The average molecular weight is 296 g/mol. The van der Waals surface area contributed by atoms with E-state index in [-0.39, 0.29) is 17.4 Å². The summed E-state index contributed by atoms with van der Waals surface area (Å²) in [6.45, 7) is 1.08. The maximum Gasteiger partial charge on any atom is 0.241 e. The van der Waals surface area contributed by atoms with E-state index < -0.39 is 5.41 Å². The van der Waals surface area contributed by atoms with Gasteiger partial charge in [0.25, 0.3) is 0 Å². The number of carbonyl (C=O) groups excluding carboxylic acids is 1. The van der Waals surface area contributed by atoms with Gasteiger partial charge in [-0.2, -0.15) is 5.26 Å². The van der Waals surface area contributed by atoms with E-state index in [1.807, 2.05) is 24.3 Å². The van der Waals surface area contributed by atoms with Gasteiger partial charge in [0.1, 0.15) is 5.41 Å². The monoisotopic (exact) mass is 296 g/mol. The molecule has 0 saturated heterocycles. The van der Waals surface area contributed by atoms with Crippen LogP contribution in [0.1, 0.15) is 49.3 Å². The van der Waals surface area contributed by atoms with Crippen LogP contribution in [0.5, 0.6) is 0 Å². The summed E-state index contributed by atoms with van der Waals surface area (Å²) in [6.07, 6.45) is 5.06. The molecule has 0 bridgehead atoms. The van der Waals surface area contributed by atoms with Gasteiger partial charge in [0.05, 0.1) is 25.3 Å². The zero-order valence-corrected chi connectivity index (χ0v) is 12.6. The van der Waals surface area contributed by atoms with Crippen LogP contribution in [-0.2, 0) is 16.1 Å². The highest BCUT2D eigenvalue weighted by Gasteiger charge is 2.72. The van der Waals surface area contributed by atoms with Gasteiger partial charge < -0.3 is 10.1 Å². The molecule has 2 atom stereocenters. The van der Waals surface area contributed by atoms with E-state index in [1.54, 1.807) is 0 Å². The molecular weight excluding hydrogens is 276 g/mol. The number of hydrogen-bond donors (Lipinski definition) is 1. The normalized spacial score (nSPS) is 31.3. The van der Waals surface area contributed by atoms with E-state index in [9.17, 15) is 10.1 Å². The summed E-state index contributed by atoms with van der Waals surface area (Å²) in [5.74, 6) is -0.0952. The van der Waals surface area contributed by atoms with E-state index in [2.05, 4.69) is 11.4 Å². The van der Waals surface area contributed by atoms with Gasteiger partial charge in [-0.15, -0.1) is 0 Å². The highest BCUT2D eigenvalue weighted by Crippen LogP contribution is 2.71. The van der Waals surface area contributed by atoms with Crippen molar-refractivity contribution < 1.29 is 9.53 Å². The van der Waals surface area contributed by atoms with Crippen LogP contribution in [-0.4, -0.2) is 12.5 Å². The minimum atomic E-state index is -0.796. The summed E-state index contributed by atoms with van der Waals surface area (Å²) in [6, 6.07) is 10.2. The molecule has 3 aliphatic rings. The smallest absolute Gasteiger partial charge is 0.241 e. The molecule has 1 spiro atoms. The molecule has 2 fully saturated rings. The van der Waals surface area contributed by atoms with Crippen molar-refractivity contribution in [1.29, 1.82) is 5.26 Å². The topological polar surface area (TPSA) is 62.1 Å². The van der Waals surface area contributed by atoms with Crippen molar-refractivity contribution in [2.75, 3.05) is 6.61 Å². The average Bonchev–Trinajstić information content (AvgIpc) is 2.94. The van der Waals surface area contributed by atoms with Gasteiger partial charge in [-0.25, -0.2) is 0 Å². The molecule has 0 unspecified atom stereocenters. The molecular formula is C18H20N2O2. The van der Waals surface area contributed by atoms with Crippen LogP contribution in [0.4, 0.5) is 0 Å². The molecule has 2 saturated carbocycles. The fourth-order valence-electron chi connectivity index (χ4n) is 4.43. The lowest BCUT2D eigenvalue weighted by molar-refractivity contribution is -0.127. The number of nitriles is 1. The van der Waals surface area contributed by atoms with Crippen molar-refractivity contribution in [2.24, 2.45) is 10.8 Å². The second-order valence-corrected chi connectivity index (χ2v) is 6.92. The van der Waals surface area contributed by atoms with E-state index >= 15 is 0 Å². The number of nitrogens with one attached hydrogen (secondary N) is 1. The molecule has 22 heavy (non-hydrogen) atoms. The molecule has 4 rings (SSSR count). The fourth-order valence-corrected chi connectivity index (χ4v) is 4.43. The summed E-state index contributed by atoms with van der Waals surface area (Å²) in [5.41, 5.74) is 1.41. The third-order valence-electron chi connectivity index (χ3n) is 5.80. The Hall–Kier alpha value is -1.86. The molecule has 1 aromatic carbocycles. The summed E-state index contributed by atoms with van der Waals surface area (Å²) in [5, 5.41) is 12.7. The van der Waals surface area contributed by atoms with Crippen LogP contribution >= 0.6 is 0 Å². The number of fused-ring (bicyclic) bond motifs is 1. The van der Waals surface area contributed by atoms with Crippen molar-refractivity contribution in [3.63, 3.8) is 0 Å². The Kier molecular flexibility index (Phi) is 3.02. The molecule has 1 aliphatic heterocycles. The number of ether oxygens (including phenoxy) is 1. The Bertz CT molecular complexity index is 657. The zero-order chi connectivity index (χ0) is 15.2. The van der Waals surface area contributed by atoms with Crippen molar-refractivity contribution in [3.8, 4) is 6.07 Å². The fraction of sp³-hybridized carbons (Fsp3) is 0.556. The van der Waals surface area contributed by atoms with Crippen molar-refractivity contribution in [3.05, 3.63) is 35.4 Å². The maximum atomic E-state index is 12.8. The van der Waals surface area contributed by atoms with Gasteiger partial charge in [-0.1, -0.05) is 37.1 Å². The lowest BCUT2D eigenvalue weighted by Crippen LogP contribution is -2.40. The van der Waals surface area contributed by atoms with Gasteiger partial charge in [0.15, 0.2) is 0 Å². The molecule has 2 aliphatic carbocycles. The zero-order valence-electron chi connectivity index (χ0n) is 12.6. The Labute approximate surface area is 130 Å². The standard InChI is InChI=1S/C18H20N2O2/c19-12-18(11-17(18)7-3-4-8-17)16(21)20-15-10-22-9-13-5-1-2-6-14(13)15/h1-2,5-6,15H,3-4,7-11H2,(H,20,21)/t15-,18+/m0/s1. The quantitative estimate of drug-likeness (QED) is 0.912. The summed E-state index contributed by atoms with van der Waals surface area (Å²) >= 11 is 0. The Morgan fingerprint density at radius 2 is 2.09 bits per heavy atom. The summed E-state index contributed by atoms with van der Waals surface area (Å²) < 4.78 is 5.60. The molecule has 1 heterocycles. The number of amides is 1. The van der Waals surface area contributed by atoms with E-state index in [4.69, 9.17) is 4.74 Å². The molecule has 1 aromatic rings.